The summed E-state index contributed by atoms with van der Waals surface area (Å²) < 4.78 is 89.3. The highest BCUT2D eigenvalue weighted by Crippen LogP contribution is 2.42. The molecule has 2 aliphatic heterocycles. The van der Waals surface area contributed by atoms with Crippen LogP contribution in [-0.2, 0) is 10.3 Å². The molecule has 3 heterocycles. The topological polar surface area (TPSA) is 75.6 Å². The van der Waals surface area contributed by atoms with E-state index in [1.54, 1.807) is 0 Å². The molecule has 1 aromatic carbocycles. The number of hydrogen-bond donors (Lipinski definition) is 2. The molecule has 13 heteroatoms. The maximum atomic E-state index is 14.7. The molecule has 0 spiro atoms. The average Bonchev–Trinajstić information content (AvgIpc) is 3.37. The van der Waals surface area contributed by atoms with Gasteiger partial charge in [-0.15, -0.1) is 0 Å². The number of rotatable bonds is 7. The van der Waals surface area contributed by atoms with Crippen molar-refractivity contribution in [2.45, 2.75) is 56.4 Å². The highest BCUT2D eigenvalue weighted by molar-refractivity contribution is 5.99. The van der Waals surface area contributed by atoms with E-state index < -0.39 is 60.1 Å². The maximum Gasteiger partial charge on any atom is 0.414 e. The van der Waals surface area contributed by atoms with Crippen LogP contribution in [-0.4, -0.2) is 60.9 Å². The first-order valence-electron chi connectivity index (χ1n) is 12.6. The number of hydrogen-bond acceptors (Lipinski definition) is 5. The van der Waals surface area contributed by atoms with E-state index in [1.807, 2.05) is 7.05 Å². The Labute approximate surface area is 221 Å². The monoisotopic (exact) mass is 560 g/mol. The van der Waals surface area contributed by atoms with Crippen LogP contribution in [0.25, 0.3) is 0 Å². The number of carbonyl (C=O) groups is 1. The van der Waals surface area contributed by atoms with Gasteiger partial charge >= 0.3 is 6.18 Å². The third-order valence-electron chi connectivity index (χ3n) is 7.47. The molecule has 0 radical (unpaired) electrons. The van der Waals surface area contributed by atoms with Crippen LogP contribution in [0.3, 0.4) is 0 Å². The van der Waals surface area contributed by atoms with Gasteiger partial charge in [-0.2, -0.15) is 13.2 Å². The van der Waals surface area contributed by atoms with Gasteiger partial charge in [0.1, 0.15) is 5.82 Å². The molecule has 2 atom stereocenters. The molecule has 0 saturated carbocycles. The Bertz CT molecular complexity index is 1250. The maximum absolute atomic E-state index is 14.7. The number of aromatic nitrogens is 1. The van der Waals surface area contributed by atoms with Crippen LogP contribution >= 0.6 is 0 Å². The average molecular weight is 561 g/mol. The third-order valence-corrected chi connectivity index (χ3v) is 7.47. The highest BCUT2D eigenvalue weighted by Gasteiger charge is 2.59. The summed E-state index contributed by atoms with van der Waals surface area (Å²) in [5.41, 5.74) is -4.90. The Morgan fingerprint density at radius 3 is 2.44 bits per heavy atom. The number of ether oxygens (including phenoxy) is 1. The summed E-state index contributed by atoms with van der Waals surface area (Å²) in [6.45, 7) is 1.83. The van der Waals surface area contributed by atoms with Crippen molar-refractivity contribution in [3.05, 3.63) is 63.3 Å². The molecule has 7 nitrogen and oxygen atoms in total. The SMILES string of the molecule is CC(NC(=O)c1cn([C@]2(C(F)(F)F)CCOC2)c(=O)cc1NC1CCN(C)CC1)c1cccc(C(F)F)c1F. The van der Waals surface area contributed by atoms with Gasteiger partial charge in [0, 0.05) is 36.9 Å². The molecule has 2 aromatic rings. The molecule has 2 fully saturated rings. The zero-order valence-electron chi connectivity index (χ0n) is 21.5. The van der Waals surface area contributed by atoms with Gasteiger partial charge in [0.15, 0.2) is 5.54 Å². The van der Waals surface area contributed by atoms with Crippen molar-refractivity contribution in [2.75, 3.05) is 38.7 Å². The van der Waals surface area contributed by atoms with E-state index in [2.05, 4.69) is 15.5 Å². The molecule has 4 rings (SSSR count). The number of nitrogens with zero attached hydrogens (tertiary/aromatic N) is 2. The molecule has 1 amide bonds. The first kappa shape index (κ1) is 28.9. The number of nitrogens with one attached hydrogen (secondary N) is 2. The number of halogens is 6. The lowest BCUT2D eigenvalue weighted by atomic mass is 9.96. The van der Waals surface area contributed by atoms with E-state index in [1.165, 1.54) is 19.1 Å². The fourth-order valence-electron chi connectivity index (χ4n) is 5.07. The lowest BCUT2D eigenvalue weighted by molar-refractivity contribution is -0.214. The van der Waals surface area contributed by atoms with Crippen LogP contribution in [0.15, 0.2) is 35.3 Å². The lowest BCUT2D eigenvalue weighted by Crippen LogP contribution is -2.52. The molecular formula is C26H30F6N4O3. The van der Waals surface area contributed by atoms with Crippen LogP contribution in [0.1, 0.15) is 60.1 Å². The van der Waals surface area contributed by atoms with Crippen molar-refractivity contribution in [3.8, 4) is 0 Å². The quantitative estimate of drug-likeness (QED) is 0.485. The smallest absolute Gasteiger partial charge is 0.381 e. The number of benzene rings is 1. The Hall–Kier alpha value is -3.06. The van der Waals surface area contributed by atoms with E-state index >= 15 is 0 Å². The van der Waals surface area contributed by atoms with Gasteiger partial charge in [0.2, 0.25) is 0 Å². The second-order valence-electron chi connectivity index (χ2n) is 10.1. The van der Waals surface area contributed by atoms with Crippen LogP contribution < -0.4 is 16.2 Å². The Morgan fingerprint density at radius 2 is 1.85 bits per heavy atom. The van der Waals surface area contributed by atoms with Crippen molar-refractivity contribution in [1.29, 1.82) is 0 Å². The highest BCUT2D eigenvalue weighted by atomic mass is 19.4. The fraction of sp³-hybridized carbons (Fsp3) is 0.538. The molecule has 39 heavy (non-hydrogen) atoms. The summed E-state index contributed by atoms with van der Waals surface area (Å²) in [4.78, 5) is 28.6. The third kappa shape index (κ3) is 5.79. The second kappa shape index (κ2) is 11.2. The van der Waals surface area contributed by atoms with Crippen LogP contribution in [0, 0.1) is 5.82 Å². The molecule has 1 unspecified atom stereocenters. The van der Waals surface area contributed by atoms with Crippen LogP contribution in [0.2, 0.25) is 0 Å². The minimum atomic E-state index is -4.85. The molecule has 2 saturated heterocycles. The van der Waals surface area contributed by atoms with E-state index in [0.717, 1.165) is 31.4 Å². The largest absolute Gasteiger partial charge is 0.414 e. The van der Waals surface area contributed by atoms with Gasteiger partial charge < -0.3 is 20.3 Å². The second-order valence-corrected chi connectivity index (χ2v) is 10.1. The number of carbonyl (C=O) groups excluding carboxylic acids is 1. The van der Waals surface area contributed by atoms with Gasteiger partial charge in [-0.1, -0.05) is 18.2 Å². The van der Waals surface area contributed by atoms with Crippen molar-refractivity contribution < 1.29 is 35.9 Å². The normalized spacial score (nSPS) is 21.8. The molecule has 2 aliphatic rings. The molecular weight excluding hydrogens is 530 g/mol. The first-order valence-corrected chi connectivity index (χ1v) is 12.6. The van der Waals surface area contributed by atoms with E-state index in [0.29, 0.717) is 17.4 Å². The number of amides is 1. The van der Waals surface area contributed by atoms with Crippen LogP contribution in [0.4, 0.5) is 32.0 Å². The molecule has 0 bridgehead atoms. The number of likely N-dealkylation sites (tertiary alicyclic amines) is 1. The van der Waals surface area contributed by atoms with E-state index in [9.17, 15) is 35.9 Å². The standard InChI is InChI=1S/C26H30F6N4O3/c1-15(17-4-3-5-18(22(17)27)23(28)29)33-24(38)19-13-36(25(26(30,31)32)8-11-39-14-25)21(37)12-20(19)34-16-6-9-35(2)10-7-16/h3-5,12-13,15-16,23,34H,6-11,14H2,1-2H3,(H,33,38)/t15?,25-/m1/s1. The fourth-order valence-corrected chi connectivity index (χ4v) is 5.07. The van der Waals surface area contributed by atoms with Crippen LogP contribution in [0.5, 0.6) is 0 Å². The lowest BCUT2D eigenvalue weighted by Gasteiger charge is -2.34. The summed E-state index contributed by atoms with van der Waals surface area (Å²) >= 11 is 0. The Balaban J connectivity index is 1.73. The minimum absolute atomic E-state index is 0.0357. The Morgan fingerprint density at radius 1 is 1.18 bits per heavy atom. The Kier molecular flexibility index (Phi) is 8.31. The van der Waals surface area contributed by atoms with Gasteiger partial charge in [-0.3, -0.25) is 14.2 Å². The van der Waals surface area contributed by atoms with Crippen molar-refractivity contribution in [3.63, 3.8) is 0 Å². The molecule has 2 N–H and O–H groups in total. The van der Waals surface area contributed by atoms with Gasteiger partial charge in [0.05, 0.1) is 29.5 Å². The zero-order valence-corrected chi connectivity index (χ0v) is 21.5. The van der Waals surface area contributed by atoms with Gasteiger partial charge in [-0.05, 0) is 39.9 Å². The summed E-state index contributed by atoms with van der Waals surface area (Å²) in [5, 5.41) is 5.62. The molecule has 1 aromatic heterocycles. The summed E-state index contributed by atoms with van der Waals surface area (Å²) in [6.07, 6.45) is -6.24. The zero-order chi connectivity index (χ0) is 28.5. The van der Waals surface area contributed by atoms with Gasteiger partial charge in [0.25, 0.3) is 17.9 Å². The predicted octanol–water partition coefficient (Wildman–Crippen LogP) is 4.60. The molecule has 214 valence electrons. The van der Waals surface area contributed by atoms with Crippen molar-refractivity contribution in [2.24, 2.45) is 0 Å². The number of alkyl halides is 5. The number of pyridine rings is 1. The summed E-state index contributed by atoms with van der Waals surface area (Å²) in [5.74, 6) is -2.08. The van der Waals surface area contributed by atoms with Crippen molar-refractivity contribution in [1.82, 2.24) is 14.8 Å². The first-order chi connectivity index (χ1) is 18.3. The summed E-state index contributed by atoms with van der Waals surface area (Å²) in [7, 11) is 1.94. The van der Waals surface area contributed by atoms with E-state index in [-0.39, 0.29) is 29.5 Å². The van der Waals surface area contributed by atoms with Gasteiger partial charge in [-0.25, -0.2) is 13.2 Å². The van der Waals surface area contributed by atoms with E-state index in [4.69, 9.17) is 4.74 Å². The van der Waals surface area contributed by atoms with Crippen molar-refractivity contribution >= 4 is 11.6 Å². The number of piperidine rings is 1. The minimum Gasteiger partial charge on any atom is -0.381 e. The summed E-state index contributed by atoms with van der Waals surface area (Å²) in [6, 6.07) is 3.09. The molecule has 0 aliphatic carbocycles. The number of anilines is 1. The predicted molar refractivity (Wildman–Crippen MR) is 132 cm³/mol.